The predicted octanol–water partition coefficient (Wildman–Crippen LogP) is 2.85. The van der Waals surface area contributed by atoms with Crippen molar-refractivity contribution >= 4 is 22.5 Å². The standard InChI is InChI=1S/C23H24N4O4/c1-14-12-20(28)25-22-17-9-5-6-10-18(17)27(26(14)22)15(2)23(29)24-13-16-8-7-11-19(30-3)21(16)31-4/h5-12,15H,13H2,1-4H3,(H,24,29). The molecule has 0 spiro atoms. The number of rotatable bonds is 6. The summed E-state index contributed by atoms with van der Waals surface area (Å²) < 4.78 is 14.5. The maximum Gasteiger partial charge on any atom is 0.273 e. The fraction of sp³-hybridized carbons (Fsp3) is 0.261. The fourth-order valence-electron chi connectivity index (χ4n) is 3.92. The molecule has 8 heteroatoms. The molecule has 1 N–H and O–H groups in total. The predicted molar refractivity (Wildman–Crippen MR) is 118 cm³/mol. The van der Waals surface area contributed by atoms with Crippen molar-refractivity contribution in [2.75, 3.05) is 14.2 Å². The highest BCUT2D eigenvalue weighted by Gasteiger charge is 2.22. The Morgan fingerprint density at radius 2 is 1.90 bits per heavy atom. The van der Waals surface area contributed by atoms with Crippen LogP contribution >= 0.6 is 0 Å². The molecule has 0 aliphatic heterocycles. The first-order chi connectivity index (χ1) is 15.0. The van der Waals surface area contributed by atoms with Gasteiger partial charge in [0, 0.05) is 29.3 Å². The summed E-state index contributed by atoms with van der Waals surface area (Å²) in [5.41, 5.74) is 2.58. The van der Waals surface area contributed by atoms with Crippen molar-refractivity contribution in [3.05, 3.63) is 70.1 Å². The van der Waals surface area contributed by atoms with Crippen LogP contribution in [0.2, 0.25) is 0 Å². The maximum atomic E-state index is 13.1. The Labute approximate surface area is 179 Å². The molecule has 31 heavy (non-hydrogen) atoms. The van der Waals surface area contributed by atoms with Crippen LogP contribution in [-0.4, -0.2) is 34.3 Å². The number of ether oxygens (including phenoxy) is 2. The van der Waals surface area contributed by atoms with Crippen LogP contribution in [0.5, 0.6) is 11.5 Å². The summed E-state index contributed by atoms with van der Waals surface area (Å²) in [5.74, 6) is 1.02. The summed E-state index contributed by atoms with van der Waals surface area (Å²) >= 11 is 0. The number of aryl methyl sites for hydroxylation is 1. The number of hydrogen-bond donors (Lipinski definition) is 1. The Morgan fingerprint density at radius 3 is 2.65 bits per heavy atom. The number of carbonyl (C=O) groups excluding carboxylic acids is 1. The molecule has 0 aliphatic carbocycles. The van der Waals surface area contributed by atoms with Gasteiger partial charge in [-0.25, -0.2) is 4.52 Å². The number of methoxy groups -OCH3 is 2. The molecule has 2 aromatic heterocycles. The second-order valence-corrected chi connectivity index (χ2v) is 7.28. The normalized spacial score (nSPS) is 12.1. The highest BCUT2D eigenvalue weighted by Crippen LogP contribution is 2.31. The van der Waals surface area contributed by atoms with Gasteiger partial charge in [-0.1, -0.05) is 24.3 Å². The van der Waals surface area contributed by atoms with Crippen molar-refractivity contribution in [2.24, 2.45) is 0 Å². The number of benzene rings is 2. The van der Waals surface area contributed by atoms with Crippen LogP contribution in [0.15, 0.2) is 53.3 Å². The van der Waals surface area contributed by atoms with E-state index in [0.717, 1.165) is 16.5 Å². The first-order valence-electron chi connectivity index (χ1n) is 9.93. The van der Waals surface area contributed by atoms with Crippen LogP contribution in [-0.2, 0) is 11.3 Å². The van der Waals surface area contributed by atoms with Crippen LogP contribution in [0.1, 0.15) is 24.2 Å². The number of nitrogens with one attached hydrogen (secondary N) is 1. The second-order valence-electron chi connectivity index (χ2n) is 7.28. The average Bonchev–Trinajstić information content (AvgIpc) is 3.11. The molecule has 0 radical (unpaired) electrons. The zero-order valence-corrected chi connectivity index (χ0v) is 17.9. The minimum Gasteiger partial charge on any atom is -0.493 e. The van der Waals surface area contributed by atoms with Gasteiger partial charge < -0.3 is 14.8 Å². The lowest BCUT2D eigenvalue weighted by Gasteiger charge is -2.19. The Morgan fingerprint density at radius 1 is 1.13 bits per heavy atom. The number of carbonyl (C=O) groups is 1. The van der Waals surface area contributed by atoms with Crippen molar-refractivity contribution in [3.63, 3.8) is 0 Å². The van der Waals surface area contributed by atoms with Crippen LogP contribution < -0.4 is 20.3 Å². The highest BCUT2D eigenvalue weighted by atomic mass is 16.5. The Bertz CT molecular complexity index is 1340. The summed E-state index contributed by atoms with van der Waals surface area (Å²) in [5, 5.41) is 3.80. The minimum atomic E-state index is -0.554. The Kier molecular flexibility index (Phi) is 5.37. The van der Waals surface area contributed by atoms with E-state index < -0.39 is 6.04 Å². The molecule has 0 saturated heterocycles. The van der Waals surface area contributed by atoms with Crippen LogP contribution in [0.3, 0.4) is 0 Å². The van der Waals surface area contributed by atoms with Gasteiger partial charge in [-0.2, -0.15) is 4.98 Å². The molecule has 2 heterocycles. The van der Waals surface area contributed by atoms with Gasteiger partial charge in [-0.15, -0.1) is 0 Å². The van der Waals surface area contributed by atoms with Gasteiger partial charge in [-0.3, -0.25) is 14.3 Å². The van der Waals surface area contributed by atoms with E-state index in [9.17, 15) is 9.59 Å². The average molecular weight is 420 g/mol. The molecular formula is C23H24N4O4. The summed E-state index contributed by atoms with van der Waals surface area (Å²) in [7, 11) is 3.14. The molecule has 1 unspecified atom stereocenters. The van der Waals surface area contributed by atoms with Crippen molar-refractivity contribution in [2.45, 2.75) is 26.4 Å². The first kappa shape index (κ1) is 20.5. The molecule has 160 valence electrons. The molecule has 0 saturated carbocycles. The van der Waals surface area contributed by atoms with Gasteiger partial charge in [-0.05, 0) is 32.0 Å². The molecule has 2 aromatic carbocycles. The van der Waals surface area contributed by atoms with E-state index in [4.69, 9.17) is 9.47 Å². The molecule has 0 bridgehead atoms. The number of aromatic nitrogens is 3. The SMILES string of the molecule is COc1cccc(CNC(=O)C(C)n2c3ccccc3c3nc(=O)cc(C)n32)c1OC. The number of hydrogen-bond acceptors (Lipinski definition) is 5. The Hall–Kier alpha value is -3.81. The quantitative estimate of drug-likeness (QED) is 0.518. The maximum absolute atomic E-state index is 13.1. The molecule has 4 rings (SSSR count). The lowest BCUT2D eigenvalue weighted by Crippen LogP contribution is -2.32. The topological polar surface area (TPSA) is 86.9 Å². The van der Waals surface area contributed by atoms with Gasteiger partial charge in [0.05, 0.1) is 19.7 Å². The van der Waals surface area contributed by atoms with E-state index in [0.29, 0.717) is 22.8 Å². The van der Waals surface area contributed by atoms with Crippen molar-refractivity contribution in [3.8, 4) is 11.5 Å². The van der Waals surface area contributed by atoms with Crippen molar-refractivity contribution in [1.82, 2.24) is 19.5 Å². The molecule has 4 aromatic rings. The molecule has 0 aliphatic rings. The van der Waals surface area contributed by atoms with Gasteiger partial charge >= 0.3 is 0 Å². The summed E-state index contributed by atoms with van der Waals surface area (Å²) in [6, 6.07) is 14.1. The number of amides is 1. The summed E-state index contributed by atoms with van der Waals surface area (Å²) in [4.78, 5) is 29.3. The fourth-order valence-corrected chi connectivity index (χ4v) is 3.92. The third kappa shape index (κ3) is 3.50. The van der Waals surface area contributed by atoms with E-state index in [1.165, 1.54) is 6.07 Å². The van der Waals surface area contributed by atoms with E-state index in [-0.39, 0.29) is 18.0 Å². The minimum absolute atomic E-state index is 0.175. The molecule has 1 atom stereocenters. The summed E-state index contributed by atoms with van der Waals surface area (Å²) in [6.45, 7) is 3.94. The zero-order chi connectivity index (χ0) is 22.1. The highest BCUT2D eigenvalue weighted by molar-refractivity contribution is 5.94. The van der Waals surface area contributed by atoms with Crippen LogP contribution in [0, 0.1) is 6.92 Å². The summed E-state index contributed by atoms with van der Waals surface area (Å²) in [6.07, 6.45) is 0. The van der Waals surface area contributed by atoms with Gasteiger partial charge in [0.1, 0.15) is 6.04 Å². The monoisotopic (exact) mass is 420 g/mol. The molecule has 0 fully saturated rings. The number of para-hydroxylation sites is 2. The zero-order valence-electron chi connectivity index (χ0n) is 17.9. The third-order valence-corrected chi connectivity index (χ3v) is 5.37. The van der Waals surface area contributed by atoms with Gasteiger partial charge in [0.2, 0.25) is 5.91 Å². The van der Waals surface area contributed by atoms with Crippen molar-refractivity contribution < 1.29 is 14.3 Å². The van der Waals surface area contributed by atoms with E-state index >= 15 is 0 Å². The van der Waals surface area contributed by atoms with E-state index in [1.807, 2.05) is 65.5 Å². The number of nitrogens with zero attached hydrogens (tertiary/aromatic N) is 3. The Balaban J connectivity index is 1.71. The van der Waals surface area contributed by atoms with Crippen LogP contribution in [0.25, 0.3) is 16.6 Å². The van der Waals surface area contributed by atoms with E-state index in [1.54, 1.807) is 14.2 Å². The first-order valence-corrected chi connectivity index (χ1v) is 9.93. The molecule has 8 nitrogen and oxygen atoms in total. The van der Waals surface area contributed by atoms with Crippen LogP contribution in [0.4, 0.5) is 0 Å². The van der Waals surface area contributed by atoms with Crippen molar-refractivity contribution in [1.29, 1.82) is 0 Å². The van der Waals surface area contributed by atoms with Gasteiger partial charge in [0.15, 0.2) is 17.1 Å². The smallest absolute Gasteiger partial charge is 0.273 e. The number of fused-ring (bicyclic) bond motifs is 3. The third-order valence-electron chi connectivity index (χ3n) is 5.37. The largest absolute Gasteiger partial charge is 0.493 e. The van der Waals surface area contributed by atoms with E-state index in [2.05, 4.69) is 10.3 Å². The lowest BCUT2D eigenvalue weighted by molar-refractivity contribution is -0.124. The molecular weight excluding hydrogens is 396 g/mol. The molecule has 1 amide bonds. The second kappa shape index (κ2) is 8.14. The lowest BCUT2D eigenvalue weighted by atomic mass is 10.1. The van der Waals surface area contributed by atoms with Gasteiger partial charge in [0.25, 0.3) is 5.56 Å².